The van der Waals surface area contributed by atoms with Crippen LogP contribution in [0.2, 0.25) is 0 Å². The summed E-state index contributed by atoms with van der Waals surface area (Å²) in [6.07, 6.45) is 0. The van der Waals surface area contributed by atoms with E-state index in [-0.39, 0.29) is 5.56 Å². The second-order valence-electron chi connectivity index (χ2n) is 8.04. The SMILES string of the molecule is O=C1Nc2ccc(F)cc2C12c1c(c3ccccc3oc1=O)Nc1c3cc(Br)ccc3nn12. The van der Waals surface area contributed by atoms with Crippen LogP contribution in [-0.2, 0) is 10.3 Å². The normalized spacial score (nSPS) is 18.2. The first-order valence-electron chi connectivity index (χ1n) is 10.1. The minimum atomic E-state index is -1.75. The van der Waals surface area contributed by atoms with Gasteiger partial charge >= 0.3 is 5.63 Å². The largest absolute Gasteiger partial charge is 0.422 e. The van der Waals surface area contributed by atoms with Gasteiger partial charge in [0.05, 0.1) is 11.2 Å². The van der Waals surface area contributed by atoms with E-state index in [0.717, 1.165) is 9.86 Å². The van der Waals surface area contributed by atoms with Gasteiger partial charge in [-0.2, -0.15) is 5.10 Å². The molecular formula is C24H12BrFN4O3. The van der Waals surface area contributed by atoms with Crippen LogP contribution in [0.15, 0.2) is 74.3 Å². The lowest BCUT2D eigenvalue weighted by atomic mass is 9.81. The number of benzene rings is 3. The second-order valence-corrected chi connectivity index (χ2v) is 8.95. The van der Waals surface area contributed by atoms with E-state index >= 15 is 0 Å². The molecule has 1 atom stereocenters. The molecule has 0 radical (unpaired) electrons. The maximum atomic E-state index is 14.5. The van der Waals surface area contributed by atoms with Crippen LogP contribution in [0, 0.1) is 5.82 Å². The van der Waals surface area contributed by atoms with E-state index in [2.05, 4.69) is 26.6 Å². The third kappa shape index (κ3) is 2.19. The van der Waals surface area contributed by atoms with Gasteiger partial charge in [-0.1, -0.05) is 28.1 Å². The number of carbonyl (C=O) groups excluding carboxylic acids is 1. The van der Waals surface area contributed by atoms with Crippen molar-refractivity contribution in [2.24, 2.45) is 0 Å². The number of halogens is 2. The highest BCUT2D eigenvalue weighted by atomic mass is 79.9. The summed E-state index contributed by atoms with van der Waals surface area (Å²) in [6, 6.07) is 16.6. The number of fused-ring (bicyclic) bond motifs is 10. The molecule has 9 heteroatoms. The molecule has 2 aliphatic heterocycles. The molecule has 33 heavy (non-hydrogen) atoms. The van der Waals surface area contributed by atoms with Crippen molar-refractivity contribution in [1.82, 2.24) is 9.78 Å². The van der Waals surface area contributed by atoms with Crippen LogP contribution in [-0.4, -0.2) is 15.7 Å². The Bertz CT molecular complexity index is 1760. The topological polar surface area (TPSA) is 89.2 Å². The van der Waals surface area contributed by atoms with Gasteiger partial charge in [0, 0.05) is 26.5 Å². The van der Waals surface area contributed by atoms with Gasteiger partial charge in [0.1, 0.15) is 22.8 Å². The number of hydrogen-bond donors (Lipinski definition) is 2. The zero-order valence-corrected chi connectivity index (χ0v) is 18.2. The van der Waals surface area contributed by atoms with Gasteiger partial charge in [0.25, 0.3) is 5.91 Å². The molecule has 1 spiro atoms. The van der Waals surface area contributed by atoms with Crippen molar-refractivity contribution in [2.45, 2.75) is 5.54 Å². The molecule has 0 saturated carbocycles. The smallest absolute Gasteiger partial charge is 0.345 e. The molecule has 0 saturated heterocycles. The first-order chi connectivity index (χ1) is 16.0. The van der Waals surface area contributed by atoms with Crippen LogP contribution < -0.4 is 16.3 Å². The van der Waals surface area contributed by atoms with Crippen molar-refractivity contribution in [3.63, 3.8) is 0 Å². The number of hydrogen-bond acceptors (Lipinski definition) is 5. The molecule has 160 valence electrons. The van der Waals surface area contributed by atoms with E-state index in [4.69, 9.17) is 9.52 Å². The van der Waals surface area contributed by atoms with Crippen molar-refractivity contribution in [3.8, 4) is 0 Å². The van der Waals surface area contributed by atoms with Crippen molar-refractivity contribution >= 4 is 60.9 Å². The van der Waals surface area contributed by atoms with Crippen molar-refractivity contribution < 1.29 is 13.6 Å². The van der Waals surface area contributed by atoms with Gasteiger partial charge in [-0.15, -0.1) is 0 Å². The van der Waals surface area contributed by atoms with Gasteiger partial charge in [0.2, 0.25) is 5.54 Å². The summed E-state index contributed by atoms with van der Waals surface area (Å²) in [7, 11) is 0. The lowest BCUT2D eigenvalue weighted by molar-refractivity contribution is -0.120. The molecule has 0 aliphatic carbocycles. The van der Waals surface area contributed by atoms with Crippen molar-refractivity contribution in [1.29, 1.82) is 0 Å². The first kappa shape index (κ1) is 18.6. The second kappa shape index (κ2) is 6.08. The van der Waals surface area contributed by atoms with Crippen LogP contribution in [0.3, 0.4) is 0 Å². The molecule has 7 rings (SSSR count). The maximum absolute atomic E-state index is 14.5. The molecule has 7 nitrogen and oxygen atoms in total. The molecule has 0 fully saturated rings. The van der Waals surface area contributed by atoms with Crippen LogP contribution in [0.5, 0.6) is 0 Å². The number of amides is 1. The summed E-state index contributed by atoms with van der Waals surface area (Å²) in [6.45, 7) is 0. The van der Waals surface area contributed by atoms with Gasteiger partial charge in [0.15, 0.2) is 0 Å². The molecule has 4 heterocycles. The molecule has 1 amide bonds. The summed E-state index contributed by atoms with van der Waals surface area (Å²) >= 11 is 3.49. The lowest BCUT2D eigenvalue weighted by Crippen LogP contribution is -2.49. The average molecular weight is 503 g/mol. The number of nitrogens with one attached hydrogen (secondary N) is 2. The van der Waals surface area contributed by atoms with E-state index in [9.17, 15) is 14.0 Å². The predicted octanol–water partition coefficient (Wildman–Crippen LogP) is 4.85. The minimum absolute atomic E-state index is 0.0578. The molecule has 2 N–H and O–H groups in total. The Morgan fingerprint density at radius 2 is 1.85 bits per heavy atom. The quantitative estimate of drug-likeness (QED) is 0.295. The highest BCUT2D eigenvalue weighted by Gasteiger charge is 2.57. The Labute approximate surface area is 192 Å². The van der Waals surface area contributed by atoms with Crippen LogP contribution in [0.25, 0.3) is 21.9 Å². The van der Waals surface area contributed by atoms with Crippen molar-refractivity contribution in [2.75, 3.05) is 10.6 Å². The van der Waals surface area contributed by atoms with Gasteiger partial charge in [-0.3, -0.25) is 4.79 Å². The molecule has 5 aromatic rings. The zero-order chi connectivity index (χ0) is 22.5. The van der Waals surface area contributed by atoms with Gasteiger partial charge in [-0.05, 0) is 48.5 Å². The summed E-state index contributed by atoms with van der Waals surface area (Å²) < 4.78 is 22.4. The fourth-order valence-corrected chi connectivity index (χ4v) is 5.33. The fourth-order valence-electron chi connectivity index (χ4n) is 4.97. The third-order valence-electron chi connectivity index (χ3n) is 6.32. The van der Waals surface area contributed by atoms with E-state index in [1.165, 1.54) is 22.9 Å². The first-order valence-corrected chi connectivity index (χ1v) is 10.9. The average Bonchev–Trinajstić information content (AvgIpc) is 3.29. The summed E-state index contributed by atoms with van der Waals surface area (Å²) in [5, 5.41) is 12.2. The Morgan fingerprint density at radius 1 is 1.00 bits per heavy atom. The number of anilines is 3. The highest BCUT2D eigenvalue weighted by molar-refractivity contribution is 9.10. The highest BCUT2D eigenvalue weighted by Crippen LogP contribution is 2.52. The van der Waals surface area contributed by atoms with E-state index in [0.29, 0.717) is 39.2 Å². The standard InChI is InChI=1S/C24H12BrFN4O3/c25-11-5-7-16-14(9-11)21-28-20-13-3-1-2-4-18(13)33-22(31)19(20)24(30(21)29-16)15-10-12(26)6-8-17(15)27-23(24)32/h1-10,28H,(H,27,32). The molecule has 3 aromatic carbocycles. The monoisotopic (exact) mass is 502 g/mol. The number of para-hydroxylation sites is 1. The van der Waals surface area contributed by atoms with Gasteiger partial charge in [-0.25, -0.2) is 13.9 Å². The van der Waals surface area contributed by atoms with Crippen LogP contribution in [0.1, 0.15) is 11.1 Å². The molecule has 0 bridgehead atoms. The zero-order valence-electron chi connectivity index (χ0n) is 16.6. The van der Waals surface area contributed by atoms with E-state index < -0.39 is 22.9 Å². The molecular weight excluding hydrogens is 491 g/mol. The lowest BCUT2D eigenvalue weighted by Gasteiger charge is -2.35. The maximum Gasteiger partial charge on any atom is 0.345 e. The molecule has 1 unspecified atom stereocenters. The van der Waals surface area contributed by atoms with Crippen molar-refractivity contribution in [3.05, 3.63) is 92.5 Å². The number of nitrogens with zero attached hydrogens (tertiary/aromatic N) is 2. The summed E-state index contributed by atoms with van der Waals surface area (Å²) in [4.78, 5) is 27.2. The Hall–Kier alpha value is -3.98. The fraction of sp³-hybridized carbons (Fsp3) is 0.0417. The Balaban J connectivity index is 1.73. The predicted molar refractivity (Wildman–Crippen MR) is 124 cm³/mol. The molecule has 2 aliphatic rings. The number of carbonyl (C=O) groups is 1. The molecule has 2 aromatic heterocycles. The van der Waals surface area contributed by atoms with Crippen LogP contribution >= 0.6 is 15.9 Å². The Morgan fingerprint density at radius 3 is 2.73 bits per heavy atom. The minimum Gasteiger partial charge on any atom is -0.422 e. The third-order valence-corrected chi connectivity index (χ3v) is 6.81. The van der Waals surface area contributed by atoms with E-state index in [1.54, 1.807) is 18.2 Å². The number of rotatable bonds is 0. The summed E-state index contributed by atoms with van der Waals surface area (Å²) in [5.41, 5.74) is -0.261. The van der Waals surface area contributed by atoms with E-state index in [1.807, 2.05) is 24.3 Å². The summed E-state index contributed by atoms with van der Waals surface area (Å²) in [5.74, 6) is -0.528. The number of aromatic nitrogens is 2. The van der Waals surface area contributed by atoms with Gasteiger partial charge < -0.3 is 15.1 Å². The van der Waals surface area contributed by atoms with Crippen LogP contribution in [0.4, 0.5) is 21.6 Å². The Kier molecular flexibility index (Phi) is 3.42.